The molecule has 3 heterocycles. The highest BCUT2D eigenvalue weighted by Crippen LogP contribution is 2.60. The van der Waals surface area contributed by atoms with Gasteiger partial charge < -0.3 is 41.7 Å². The predicted molar refractivity (Wildman–Crippen MR) is 306 cm³/mol. The molecule has 384 valence electrons. The molecule has 0 saturated carbocycles. The Morgan fingerprint density at radius 2 is 0.513 bits per heavy atom. The maximum Gasteiger partial charge on any atom is 0.146 e. The Balaban J connectivity index is 1.36. The highest BCUT2D eigenvalue weighted by atomic mass is 16.5. The van der Waals surface area contributed by atoms with E-state index in [1.807, 2.05) is 78.9 Å². The number of hydrogen-bond acceptors (Lipinski definition) is 9. The number of rotatable bonds is 12. The Kier molecular flexibility index (Phi) is 12.2. The average molecular weight is 1030 g/mol. The van der Waals surface area contributed by atoms with Gasteiger partial charge in [-0.1, -0.05) is 182 Å². The van der Waals surface area contributed by atoms with Crippen molar-refractivity contribution in [3.05, 3.63) is 251 Å². The fraction of sp³-hybridized carbons (Fsp3) is 0.130. The highest BCUT2D eigenvalue weighted by Gasteiger charge is 2.43. The second kappa shape index (κ2) is 19.8. The number of ether oxygens (including phenoxy) is 6. The first kappa shape index (κ1) is 48.1. The Morgan fingerprint density at radius 1 is 0.269 bits per heavy atom. The van der Waals surface area contributed by atoms with E-state index in [1.165, 1.54) is 0 Å². The van der Waals surface area contributed by atoms with Crippen molar-refractivity contribution in [3.8, 4) is 67.9 Å². The summed E-state index contributed by atoms with van der Waals surface area (Å²) in [4.78, 5) is 0. The molecule has 0 fully saturated rings. The van der Waals surface area contributed by atoms with Crippen molar-refractivity contribution in [2.75, 3.05) is 42.7 Å². The van der Waals surface area contributed by atoms with E-state index >= 15 is 0 Å². The fourth-order valence-electron chi connectivity index (χ4n) is 12.1. The van der Waals surface area contributed by atoms with E-state index in [-0.39, 0.29) is 0 Å². The molecule has 0 saturated heterocycles. The standard InChI is InChI=1S/C69H54O9/c1-70-46-37-48(72-3)60-53(41-27-15-8-16-28-41)64-54(42-29-17-9-18-30-42)61-50(74-5)39-51(75-6)63-56(44-33-21-11-22-34-44)66(78-69(61)63)57(45-35-23-12-24-36-45)65-55(43-31-19-10-20-32-43)62-49(73-4)38-47(71-2)59(68(62)77-65)52(58(46)67(60)76-64)40-25-13-7-14-26-40/h7-39,52,54,57H,1-6H3. The van der Waals surface area contributed by atoms with Gasteiger partial charge in [0.05, 0.1) is 70.3 Å². The van der Waals surface area contributed by atoms with E-state index in [1.54, 1.807) is 42.7 Å². The Labute approximate surface area is 451 Å². The molecule has 78 heavy (non-hydrogen) atoms. The van der Waals surface area contributed by atoms with Crippen LogP contribution in [0.1, 0.15) is 68.4 Å². The highest BCUT2D eigenvalue weighted by molar-refractivity contribution is 6.09. The lowest BCUT2D eigenvalue weighted by Gasteiger charge is -2.25. The van der Waals surface area contributed by atoms with Crippen molar-refractivity contribution >= 4 is 32.9 Å². The van der Waals surface area contributed by atoms with E-state index in [0.717, 1.165) is 82.9 Å². The van der Waals surface area contributed by atoms with Gasteiger partial charge in [0, 0.05) is 51.9 Å². The van der Waals surface area contributed by atoms with Crippen molar-refractivity contribution in [3.63, 3.8) is 0 Å². The molecule has 0 radical (unpaired) electrons. The van der Waals surface area contributed by atoms with Crippen LogP contribution in [0.15, 0.2) is 213 Å². The van der Waals surface area contributed by atoms with Crippen molar-refractivity contribution in [1.82, 2.24) is 0 Å². The summed E-state index contributed by atoms with van der Waals surface area (Å²) >= 11 is 0. The quantitative estimate of drug-likeness (QED) is 0.119. The molecule has 0 aliphatic heterocycles. The molecule has 3 aromatic heterocycles. The molecule has 13 rings (SSSR count). The van der Waals surface area contributed by atoms with Crippen molar-refractivity contribution in [2.45, 2.75) is 17.8 Å². The summed E-state index contributed by atoms with van der Waals surface area (Å²) in [6.07, 6.45) is 0. The van der Waals surface area contributed by atoms with Gasteiger partial charge in [-0.2, -0.15) is 0 Å². The van der Waals surface area contributed by atoms with Gasteiger partial charge in [0.2, 0.25) is 0 Å². The first-order valence-corrected chi connectivity index (χ1v) is 25.9. The molecule has 3 atom stereocenters. The van der Waals surface area contributed by atoms with E-state index in [2.05, 4.69) is 121 Å². The third kappa shape index (κ3) is 7.52. The molecule has 0 N–H and O–H groups in total. The molecule has 9 aromatic carbocycles. The van der Waals surface area contributed by atoms with Gasteiger partial charge in [-0.05, 0) is 33.4 Å². The van der Waals surface area contributed by atoms with Crippen LogP contribution in [-0.2, 0) is 0 Å². The van der Waals surface area contributed by atoms with E-state index in [0.29, 0.717) is 68.5 Å². The third-order valence-corrected chi connectivity index (χ3v) is 15.4. The van der Waals surface area contributed by atoms with Gasteiger partial charge in [-0.25, -0.2) is 0 Å². The second-order valence-corrected chi connectivity index (χ2v) is 19.3. The van der Waals surface area contributed by atoms with Crippen molar-refractivity contribution < 1.29 is 41.7 Å². The Morgan fingerprint density at radius 3 is 0.808 bits per heavy atom. The Bertz CT molecular complexity index is 4150. The summed E-state index contributed by atoms with van der Waals surface area (Å²) < 4.78 is 63.1. The van der Waals surface area contributed by atoms with Crippen LogP contribution in [0.5, 0.6) is 34.5 Å². The maximum absolute atomic E-state index is 7.93. The van der Waals surface area contributed by atoms with Gasteiger partial charge in [0.1, 0.15) is 74.4 Å². The van der Waals surface area contributed by atoms with Crippen molar-refractivity contribution in [2.24, 2.45) is 0 Å². The molecular weight excluding hydrogens is 973 g/mol. The molecule has 3 unspecified atom stereocenters. The minimum Gasteiger partial charge on any atom is -0.496 e. The second-order valence-electron chi connectivity index (χ2n) is 19.3. The summed E-state index contributed by atoms with van der Waals surface area (Å²) in [6, 6.07) is 68.2. The molecule has 12 aromatic rings. The van der Waals surface area contributed by atoms with Gasteiger partial charge in [0.25, 0.3) is 0 Å². The zero-order valence-corrected chi connectivity index (χ0v) is 44.0. The predicted octanol–water partition coefficient (Wildman–Crippen LogP) is 16.8. The number of furan rings is 3. The molecular formula is C69H54O9. The summed E-state index contributed by atoms with van der Waals surface area (Å²) in [5.41, 5.74) is 11.8. The van der Waals surface area contributed by atoms with Crippen LogP contribution in [-0.4, -0.2) is 42.7 Å². The molecule has 9 nitrogen and oxygen atoms in total. The summed E-state index contributed by atoms with van der Waals surface area (Å²) in [5, 5.41) is 2.25. The first-order chi connectivity index (χ1) is 38.5. The van der Waals surface area contributed by atoms with E-state index in [4.69, 9.17) is 41.7 Å². The number of benzene rings is 9. The number of methoxy groups -OCH3 is 6. The summed E-state index contributed by atoms with van der Waals surface area (Å²) in [5.74, 6) is 3.09. The lowest BCUT2D eigenvalue weighted by Crippen LogP contribution is -2.09. The van der Waals surface area contributed by atoms with Crippen LogP contribution >= 0.6 is 0 Å². The molecule has 12 bridgehead atoms. The molecule has 9 heteroatoms. The number of fused-ring (bicyclic) bond motifs is 3. The van der Waals surface area contributed by atoms with E-state index in [9.17, 15) is 0 Å². The minimum absolute atomic E-state index is 0.531. The monoisotopic (exact) mass is 1030 g/mol. The van der Waals surface area contributed by atoms with Crippen LogP contribution in [0.3, 0.4) is 0 Å². The lowest BCUT2D eigenvalue weighted by atomic mass is 9.80. The van der Waals surface area contributed by atoms with Gasteiger partial charge >= 0.3 is 0 Å². The largest absolute Gasteiger partial charge is 0.496 e. The SMILES string of the molecule is COc1cc(OC)c2c(-c3ccccc3)c3oc2c1C(c1ccccc1)c1oc2c(c(OC)cc(OC)c2c1-c1ccccc1)C(c1ccccc1)c1c(OC)cc(OC)c2c(-c4ccccc4)c(oc12)C3c1ccccc1. The minimum atomic E-state index is -0.698. The van der Waals surface area contributed by atoms with E-state index < -0.39 is 17.8 Å². The smallest absolute Gasteiger partial charge is 0.146 e. The Hall–Kier alpha value is -9.60. The average Bonchev–Trinajstić information content (AvgIpc) is 4.39. The molecule has 0 amide bonds. The molecule has 0 spiro atoms. The van der Waals surface area contributed by atoms with Crippen molar-refractivity contribution in [1.29, 1.82) is 0 Å². The lowest BCUT2D eigenvalue weighted by molar-refractivity contribution is 0.387. The van der Waals surface area contributed by atoms with Gasteiger partial charge in [-0.15, -0.1) is 0 Å². The normalized spacial score (nSPS) is 14.9. The zero-order valence-electron chi connectivity index (χ0n) is 44.0. The molecule has 1 aliphatic rings. The van der Waals surface area contributed by atoms with Gasteiger partial charge in [-0.3, -0.25) is 0 Å². The fourth-order valence-corrected chi connectivity index (χ4v) is 12.1. The molecule has 1 aliphatic carbocycles. The number of hydrogen-bond donors (Lipinski definition) is 0. The van der Waals surface area contributed by atoms with Crippen LogP contribution in [0.25, 0.3) is 66.3 Å². The van der Waals surface area contributed by atoms with Crippen LogP contribution < -0.4 is 28.4 Å². The zero-order chi connectivity index (χ0) is 53.0. The van der Waals surface area contributed by atoms with Crippen LogP contribution in [0.4, 0.5) is 0 Å². The summed E-state index contributed by atoms with van der Waals surface area (Å²) in [7, 11) is 10.1. The maximum atomic E-state index is 7.93. The van der Waals surface area contributed by atoms with Crippen LogP contribution in [0, 0.1) is 0 Å². The first-order valence-electron chi connectivity index (χ1n) is 25.9. The summed E-state index contributed by atoms with van der Waals surface area (Å²) in [6.45, 7) is 0. The van der Waals surface area contributed by atoms with Crippen LogP contribution in [0.2, 0.25) is 0 Å². The van der Waals surface area contributed by atoms with Gasteiger partial charge in [0.15, 0.2) is 0 Å². The topological polar surface area (TPSA) is 94.8 Å². The third-order valence-electron chi connectivity index (χ3n) is 15.4.